The fraction of sp³-hybridized carbons (Fsp3) is 0.857. The third-order valence-electron chi connectivity index (χ3n) is 3.57. The maximum atomic E-state index is 12.2. The van der Waals surface area contributed by atoms with Crippen molar-refractivity contribution in [3.05, 3.63) is 0 Å². The minimum atomic E-state index is -0.989. The molecule has 2 amide bonds. The number of urea groups is 1. The van der Waals surface area contributed by atoms with Gasteiger partial charge in [-0.05, 0) is 23.7 Å². The van der Waals surface area contributed by atoms with E-state index < -0.39 is 17.4 Å². The highest BCUT2D eigenvalue weighted by molar-refractivity contribution is 5.83. The highest BCUT2D eigenvalue weighted by Crippen LogP contribution is 2.28. The Labute approximate surface area is 115 Å². The van der Waals surface area contributed by atoms with Crippen LogP contribution in [0.2, 0.25) is 0 Å². The van der Waals surface area contributed by atoms with E-state index in [1.165, 1.54) is 0 Å². The second-order valence-corrected chi connectivity index (χ2v) is 7.28. The maximum Gasteiger partial charge on any atom is 0.326 e. The largest absolute Gasteiger partial charge is 0.480 e. The Morgan fingerprint density at radius 1 is 1.32 bits per heavy atom. The zero-order valence-corrected chi connectivity index (χ0v) is 12.6. The Balaban J connectivity index is 2.70. The Hall–Kier alpha value is -1.26. The number of carboxylic acid groups (broad SMARTS) is 1. The summed E-state index contributed by atoms with van der Waals surface area (Å²) >= 11 is 0. The molecule has 1 aliphatic rings. The summed E-state index contributed by atoms with van der Waals surface area (Å²) < 4.78 is 0. The number of carboxylic acids is 1. The summed E-state index contributed by atoms with van der Waals surface area (Å²) in [6.07, 6.45) is 2.06. The van der Waals surface area contributed by atoms with Crippen LogP contribution in [0.1, 0.15) is 47.5 Å². The zero-order chi connectivity index (χ0) is 14.8. The predicted octanol–water partition coefficient (Wildman–Crippen LogP) is 2.32. The number of carbonyl (C=O) groups excluding carboxylic acids is 1. The van der Waals surface area contributed by atoms with Crippen LogP contribution in [0, 0.1) is 10.8 Å². The fourth-order valence-corrected chi connectivity index (χ4v) is 2.46. The van der Waals surface area contributed by atoms with E-state index in [0.717, 1.165) is 12.8 Å². The van der Waals surface area contributed by atoms with Crippen LogP contribution in [0.4, 0.5) is 4.79 Å². The molecule has 1 atom stereocenters. The molecular formula is C14H26N2O3. The molecule has 0 radical (unpaired) electrons. The Morgan fingerprint density at radius 2 is 1.89 bits per heavy atom. The molecule has 110 valence electrons. The molecule has 1 heterocycles. The fourth-order valence-electron chi connectivity index (χ4n) is 2.46. The molecule has 1 fully saturated rings. The standard InChI is InChI=1S/C14H26N2O3/c1-13(2,3)10(11(17)18)15-12(19)16-8-6-7-14(4,5)9-16/h10H,6-9H2,1-5H3,(H,15,19)(H,17,18)/t10-/m0/s1. The van der Waals surface area contributed by atoms with Crippen LogP contribution in [-0.2, 0) is 4.79 Å². The van der Waals surface area contributed by atoms with Crippen molar-refractivity contribution in [2.75, 3.05) is 13.1 Å². The van der Waals surface area contributed by atoms with E-state index >= 15 is 0 Å². The summed E-state index contributed by atoms with van der Waals surface area (Å²) in [5, 5.41) is 11.9. The average Bonchev–Trinajstić information content (AvgIpc) is 2.21. The number of nitrogens with zero attached hydrogens (tertiary/aromatic N) is 1. The van der Waals surface area contributed by atoms with Crippen molar-refractivity contribution in [3.8, 4) is 0 Å². The van der Waals surface area contributed by atoms with E-state index in [4.69, 9.17) is 0 Å². The van der Waals surface area contributed by atoms with Gasteiger partial charge in [-0.1, -0.05) is 34.6 Å². The summed E-state index contributed by atoms with van der Waals surface area (Å²) in [7, 11) is 0. The van der Waals surface area contributed by atoms with Gasteiger partial charge in [0, 0.05) is 13.1 Å². The molecule has 0 aromatic carbocycles. The van der Waals surface area contributed by atoms with Gasteiger partial charge < -0.3 is 15.3 Å². The lowest BCUT2D eigenvalue weighted by molar-refractivity contribution is -0.142. The van der Waals surface area contributed by atoms with Crippen LogP contribution >= 0.6 is 0 Å². The summed E-state index contributed by atoms with van der Waals surface area (Å²) in [6, 6.07) is -1.14. The average molecular weight is 270 g/mol. The van der Waals surface area contributed by atoms with Gasteiger partial charge in [-0.3, -0.25) is 0 Å². The lowest BCUT2D eigenvalue weighted by atomic mass is 9.84. The van der Waals surface area contributed by atoms with Crippen LogP contribution in [0.25, 0.3) is 0 Å². The van der Waals surface area contributed by atoms with Gasteiger partial charge >= 0.3 is 12.0 Å². The molecule has 1 rings (SSSR count). The highest BCUT2D eigenvalue weighted by Gasteiger charge is 2.35. The first-order valence-electron chi connectivity index (χ1n) is 6.81. The number of amides is 2. The topological polar surface area (TPSA) is 69.6 Å². The number of aliphatic carboxylic acids is 1. The molecule has 0 spiro atoms. The van der Waals surface area contributed by atoms with Gasteiger partial charge in [-0.25, -0.2) is 9.59 Å². The first-order valence-corrected chi connectivity index (χ1v) is 6.81. The molecule has 1 saturated heterocycles. The van der Waals surface area contributed by atoms with E-state index in [2.05, 4.69) is 19.2 Å². The van der Waals surface area contributed by atoms with E-state index in [1.807, 2.05) is 20.8 Å². The molecular weight excluding hydrogens is 244 g/mol. The number of hydrogen-bond donors (Lipinski definition) is 2. The minimum absolute atomic E-state index is 0.107. The molecule has 1 aliphatic heterocycles. The van der Waals surface area contributed by atoms with Crippen LogP contribution in [0.3, 0.4) is 0 Å². The molecule has 2 N–H and O–H groups in total. The Kier molecular flexibility index (Phi) is 4.48. The Bertz CT molecular complexity index is 358. The maximum absolute atomic E-state index is 12.2. The summed E-state index contributed by atoms with van der Waals surface area (Å²) in [5.41, 5.74) is -0.400. The second-order valence-electron chi connectivity index (χ2n) is 7.28. The summed E-state index contributed by atoms with van der Waals surface area (Å²) in [6.45, 7) is 11.1. The summed E-state index contributed by atoms with van der Waals surface area (Å²) in [5.74, 6) is -0.989. The number of hydrogen-bond acceptors (Lipinski definition) is 2. The van der Waals surface area contributed by atoms with Gasteiger partial charge in [-0.15, -0.1) is 0 Å². The first kappa shape index (κ1) is 15.8. The van der Waals surface area contributed by atoms with Crippen molar-refractivity contribution in [1.82, 2.24) is 10.2 Å². The van der Waals surface area contributed by atoms with Crippen molar-refractivity contribution in [1.29, 1.82) is 0 Å². The minimum Gasteiger partial charge on any atom is -0.480 e. The van der Waals surface area contributed by atoms with Crippen LogP contribution in [-0.4, -0.2) is 41.1 Å². The number of piperidine rings is 1. The molecule has 5 heteroatoms. The lowest BCUT2D eigenvalue weighted by Crippen LogP contribution is -2.55. The van der Waals surface area contributed by atoms with Crippen LogP contribution < -0.4 is 5.32 Å². The SMILES string of the molecule is CC1(C)CCCN(C(=O)N[C@@H](C(=O)O)C(C)(C)C)C1. The monoisotopic (exact) mass is 270 g/mol. The van der Waals surface area contributed by atoms with Crippen LogP contribution in [0.15, 0.2) is 0 Å². The van der Waals surface area contributed by atoms with Gasteiger partial charge in [0.1, 0.15) is 6.04 Å². The quantitative estimate of drug-likeness (QED) is 0.809. The molecule has 0 unspecified atom stereocenters. The molecule has 0 saturated carbocycles. The number of carbonyl (C=O) groups is 2. The smallest absolute Gasteiger partial charge is 0.326 e. The first-order chi connectivity index (χ1) is 8.53. The molecule has 19 heavy (non-hydrogen) atoms. The summed E-state index contributed by atoms with van der Waals surface area (Å²) in [4.78, 5) is 25.2. The third-order valence-corrected chi connectivity index (χ3v) is 3.57. The van der Waals surface area contributed by atoms with Crippen LogP contribution in [0.5, 0.6) is 0 Å². The predicted molar refractivity (Wildman–Crippen MR) is 74.0 cm³/mol. The zero-order valence-electron chi connectivity index (χ0n) is 12.6. The normalized spacial score (nSPS) is 20.8. The third kappa shape index (κ3) is 4.40. The number of likely N-dealkylation sites (tertiary alicyclic amines) is 1. The molecule has 5 nitrogen and oxygen atoms in total. The van der Waals surface area contributed by atoms with Gasteiger partial charge in [0.25, 0.3) is 0 Å². The van der Waals surface area contributed by atoms with Crippen molar-refractivity contribution in [2.24, 2.45) is 10.8 Å². The van der Waals surface area contributed by atoms with Crippen molar-refractivity contribution < 1.29 is 14.7 Å². The molecule has 0 aromatic heterocycles. The van der Waals surface area contributed by atoms with Crippen molar-refractivity contribution >= 4 is 12.0 Å². The molecule has 0 aliphatic carbocycles. The van der Waals surface area contributed by atoms with E-state index in [9.17, 15) is 14.7 Å². The number of rotatable bonds is 2. The van der Waals surface area contributed by atoms with Gasteiger partial charge in [0.2, 0.25) is 0 Å². The van der Waals surface area contributed by atoms with E-state index in [-0.39, 0.29) is 11.4 Å². The molecule has 0 aromatic rings. The van der Waals surface area contributed by atoms with Gasteiger partial charge in [0.15, 0.2) is 0 Å². The van der Waals surface area contributed by atoms with Gasteiger partial charge in [-0.2, -0.15) is 0 Å². The number of nitrogens with one attached hydrogen (secondary N) is 1. The Morgan fingerprint density at radius 3 is 2.32 bits per heavy atom. The lowest BCUT2D eigenvalue weighted by Gasteiger charge is -2.39. The van der Waals surface area contributed by atoms with Crippen molar-refractivity contribution in [3.63, 3.8) is 0 Å². The van der Waals surface area contributed by atoms with E-state index in [1.54, 1.807) is 4.90 Å². The molecule has 0 bridgehead atoms. The highest BCUT2D eigenvalue weighted by atomic mass is 16.4. The van der Waals surface area contributed by atoms with E-state index in [0.29, 0.717) is 13.1 Å². The van der Waals surface area contributed by atoms with Gasteiger partial charge in [0.05, 0.1) is 0 Å². The van der Waals surface area contributed by atoms with Crippen molar-refractivity contribution in [2.45, 2.75) is 53.5 Å². The second kappa shape index (κ2) is 5.39.